The van der Waals surface area contributed by atoms with Crippen molar-refractivity contribution in [2.24, 2.45) is 0 Å². The number of carbonyl (C=O) groups excluding carboxylic acids is 2. The van der Waals surface area contributed by atoms with Crippen LogP contribution in [-0.4, -0.2) is 47.4 Å². The molecule has 0 rings (SSSR count). The van der Waals surface area contributed by atoms with E-state index in [2.05, 4.69) is 31.3 Å². The lowest BCUT2D eigenvalue weighted by Crippen LogP contribution is -2.45. The Morgan fingerprint density at radius 2 is 0.573 bits per heavy atom. The van der Waals surface area contributed by atoms with E-state index >= 15 is 0 Å². The summed E-state index contributed by atoms with van der Waals surface area (Å²) in [5, 5.41) is 23.3. The van der Waals surface area contributed by atoms with E-state index in [0.717, 1.165) is 38.5 Å². The van der Waals surface area contributed by atoms with Crippen LogP contribution in [0.5, 0.6) is 0 Å². The molecule has 0 spiro atoms. The molecule has 3 N–H and O–H groups in total. The molecule has 6 nitrogen and oxygen atoms in total. The molecule has 2 unspecified atom stereocenters. The van der Waals surface area contributed by atoms with Crippen LogP contribution in [0.2, 0.25) is 0 Å². The molecule has 0 aliphatic heterocycles. The Labute approximate surface area is 514 Å². The first-order valence-corrected chi connectivity index (χ1v) is 37.9. The molecule has 0 saturated carbocycles. The number of nitrogens with one attached hydrogen (secondary N) is 1. The third-order valence-corrected chi connectivity index (χ3v) is 18.1. The number of hydrogen-bond donors (Lipinski definition) is 3. The number of aliphatic hydroxyl groups excluding tert-OH is 2. The maximum Gasteiger partial charge on any atom is 0.305 e. The van der Waals surface area contributed by atoms with E-state index in [0.29, 0.717) is 25.9 Å². The molecule has 82 heavy (non-hydrogen) atoms. The fraction of sp³-hybridized carbons (Fsp3) is 0.947. The van der Waals surface area contributed by atoms with Crippen molar-refractivity contribution in [2.45, 2.75) is 450 Å². The van der Waals surface area contributed by atoms with Crippen LogP contribution in [-0.2, 0) is 14.3 Å². The molecule has 0 radical (unpaired) electrons. The van der Waals surface area contributed by atoms with Gasteiger partial charge >= 0.3 is 5.97 Å². The van der Waals surface area contributed by atoms with Crippen molar-refractivity contribution in [3.8, 4) is 0 Å². The number of unbranched alkanes of at least 4 members (excludes halogenated alkanes) is 59. The standard InChI is InChI=1S/C76H149NO5/c1-3-5-7-9-11-13-15-17-41-45-48-52-56-60-64-68-74(79)73(72-78)77-75(80)69-65-61-57-53-49-46-42-39-37-35-33-31-29-27-25-23-21-19-18-20-22-24-26-28-30-32-34-36-38-40-43-47-51-55-59-63-67-71-82-76(81)70-66-62-58-54-50-44-16-14-12-10-8-6-4-2/h18,20,73-74,78-79H,3-17,19,21-72H2,1-2H3,(H,77,80)/b20-18-. The van der Waals surface area contributed by atoms with Crippen LogP contribution in [0.4, 0.5) is 0 Å². The van der Waals surface area contributed by atoms with Gasteiger partial charge in [-0.1, -0.05) is 386 Å². The van der Waals surface area contributed by atoms with Crippen LogP contribution in [0.25, 0.3) is 0 Å². The normalized spacial score (nSPS) is 12.5. The van der Waals surface area contributed by atoms with E-state index < -0.39 is 12.1 Å². The highest BCUT2D eigenvalue weighted by molar-refractivity contribution is 5.76. The minimum absolute atomic E-state index is 0.0239. The van der Waals surface area contributed by atoms with E-state index in [1.165, 1.54) is 366 Å². The maximum absolute atomic E-state index is 12.5. The smallest absolute Gasteiger partial charge is 0.305 e. The summed E-state index contributed by atoms with van der Waals surface area (Å²) in [6, 6.07) is -0.537. The van der Waals surface area contributed by atoms with E-state index in [1.54, 1.807) is 0 Å². The van der Waals surface area contributed by atoms with Gasteiger partial charge in [-0.05, 0) is 51.4 Å². The zero-order chi connectivity index (χ0) is 59.2. The van der Waals surface area contributed by atoms with Gasteiger partial charge in [0.05, 0.1) is 25.4 Å². The molecule has 0 aromatic carbocycles. The molecule has 6 heteroatoms. The molecule has 0 fully saturated rings. The van der Waals surface area contributed by atoms with Crippen LogP contribution >= 0.6 is 0 Å². The molecule has 0 heterocycles. The van der Waals surface area contributed by atoms with E-state index in [4.69, 9.17) is 4.74 Å². The molecule has 0 aromatic heterocycles. The minimum Gasteiger partial charge on any atom is -0.466 e. The molecule has 0 aliphatic rings. The highest BCUT2D eigenvalue weighted by Crippen LogP contribution is 2.20. The van der Waals surface area contributed by atoms with Gasteiger partial charge in [-0.2, -0.15) is 0 Å². The second-order valence-electron chi connectivity index (χ2n) is 26.3. The topological polar surface area (TPSA) is 95.9 Å². The Morgan fingerprint density at radius 1 is 0.329 bits per heavy atom. The van der Waals surface area contributed by atoms with Gasteiger partial charge in [0.15, 0.2) is 0 Å². The number of esters is 1. The van der Waals surface area contributed by atoms with Crippen molar-refractivity contribution in [1.29, 1.82) is 0 Å². The van der Waals surface area contributed by atoms with Gasteiger partial charge in [-0.15, -0.1) is 0 Å². The monoisotopic (exact) mass is 1160 g/mol. The van der Waals surface area contributed by atoms with Crippen molar-refractivity contribution in [3.63, 3.8) is 0 Å². The SMILES string of the molecule is CCCCCCCCCCCCCCCCCC(O)C(CO)NC(=O)CCCCCCCCCCCCCCCCCCC/C=C\CCCCCCCCCCCCCCCCCCOC(=O)CCCCCCCCCCCCCCC. The Bertz CT molecular complexity index is 1240. The number of aliphatic hydroxyl groups is 2. The fourth-order valence-electron chi connectivity index (χ4n) is 12.3. The highest BCUT2D eigenvalue weighted by atomic mass is 16.5. The molecule has 1 amide bonds. The summed E-state index contributed by atoms with van der Waals surface area (Å²) >= 11 is 0. The first kappa shape index (κ1) is 80.6. The molecule has 0 bridgehead atoms. The van der Waals surface area contributed by atoms with Crippen LogP contribution in [0.3, 0.4) is 0 Å². The van der Waals surface area contributed by atoms with Gasteiger partial charge < -0.3 is 20.3 Å². The van der Waals surface area contributed by atoms with Gasteiger partial charge in [0.1, 0.15) is 0 Å². The Hall–Kier alpha value is -1.40. The average molecular weight is 1160 g/mol. The number of rotatable bonds is 72. The molecule has 0 saturated heterocycles. The molecule has 2 atom stereocenters. The van der Waals surface area contributed by atoms with E-state index in [-0.39, 0.29) is 18.5 Å². The van der Waals surface area contributed by atoms with Crippen LogP contribution in [0.15, 0.2) is 12.2 Å². The third-order valence-electron chi connectivity index (χ3n) is 18.1. The summed E-state index contributed by atoms with van der Waals surface area (Å²) in [5.74, 6) is -0.00334. The van der Waals surface area contributed by atoms with E-state index in [1.807, 2.05) is 0 Å². The van der Waals surface area contributed by atoms with Gasteiger partial charge in [0.2, 0.25) is 5.91 Å². The lowest BCUT2D eigenvalue weighted by Gasteiger charge is -2.22. The zero-order valence-corrected chi connectivity index (χ0v) is 56.0. The molecular weight excluding hydrogens is 1010 g/mol. The lowest BCUT2D eigenvalue weighted by molar-refractivity contribution is -0.143. The van der Waals surface area contributed by atoms with Crippen molar-refractivity contribution in [2.75, 3.05) is 13.2 Å². The second kappa shape index (κ2) is 72.1. The fourth-order valence-corrected chi connectivity index (χ4v) is 12.3. The van der Waals surface area contributed by atoms with Crippen LogP contribution < -0.4 is 5.32 Å². The molecular formula is C76H149NO5. The molecule has 0 aliphatic carbocycles. The van der Waals surface area contributed by atoms with Gasteiger partial charge in [-0.25, -0.2) is 0 Å². The summed E-state index contributed by atoms with van der Waals surface area (Å²) in [6.45, 7) is 5.00. The third kappa shape index (κ3) is 67.7. The maximum atomic E-state index is 12.5. The number of allylic oxidation sites excluding steroid dienone is 2. The number of amides is 1. The van der Waals surface area contributed by atoms with Gasteiger partial charge in [0.25, 0.3) is 0 Å². The number of carbonyl (C=O) groups is 2. The predicted octanol–water partition coefficient (Wildman–Crippen LogP) is 24.7. The van der Waals surface area contributed by atoms with Crippen molar-refractivity contribution < 1.29 is 24.5 Å². The highest BCUT2D eigenvalue weighted by Gasteiger charge is 2.20. The van der Waals surface area contributed by atoms with Crippen molar-refractivity contribution in [1.82, 2.24) is 5.32 Å². The summed E-state index contributed by atoms with van der Waals surface area (Å²) in [5.41, 5.74) is 0. The quantitative estimate of drug-likeness (QED) is 0.0320. The van der Waals surface area contributed by atoms with Gasteiger partial charge in [0, 0.05) is 12.8 Å². The van der Waals surface area contributed by atoms with Crippen LogP contribution in [0.1, 0.15) is 438 Å². The Balaban J connectivity index is 3.31. The van der Waals surface area contributed by atoms with Crippen molar-refractivity contribution in [3.05, 3.63) is 12.2 Å². The predicted molar refractivity (Wildman–Crippen MR) is 361 cm³/mol. The molecule has 488 valence electrons. The zero-order valence-electron chi connectivity index (χ0n) is 56.0. The number of hydrogen-bond acceptors (Lipinski definition) is 5. The largest absolute Gasteiger partial charge is 0.466 e. The lowest BCUT2D eigenvalue weighted by atomic mass is 10.0. The summed E-state index contributed by atoms with van der Waals surface area (Å²) in [7, 11) is 0. The first-order chi connectivity index (χ1) is 40.5. The second-order valence-corrected chi connectivity index (χ2v) is 26.3. The molecule has 0 aromatic rings. The summed E-state index contributed by atoms with van der Waals surface area (Å²) in [4.78, 5) is 24.6. The first-order valence-electron chi connectivity index (χ1n) is 37.9. The minimum atomic E-state index is -0.660. The average Bonchev–Trinajstić information content (AvgIpc) is 3.48. The summed E-state index contributed by atoms with van der Waals surface area (Å²) in [6.07, 6.45) is 90.1. The summed E-state index contributed by atoms with van der Waals surface area (Å²) < 4.78 is 5.49. The van der Waals surface area contributed by atoms with Gasteiger partial charge in [-0.3, -0.25) is 9.59 Å². The van der Waals surface area contributed by atoms with Crippen molar-refractivity contribution >= 4 is 11.9 Å². The number of ether oxygens (including phenoxy) is 1. The van der Waals surface area contributed by atoms with Crippen LogP contribution in [0, 0.1) is 0 Å². The Kier molecular flexibility index (Phi) is 70.8. The van der Waals surface area contributed by atoms with E-state index in [9.17, 15) is 19.8 Å². The Morgan fingerprint density at radius 3 is 0.866 bits per heavy atom.